The average molecular weight is 136 g/mol. The van der Waals surface area contributed by atoms with Gasteiger partial charge in [-0.15, -0.1) is 0 Å². The molecule has 0 aromatic carbocycles. The Morgan fingerprint density at radius 3 is 2.90 bits per heavy atom. The van der Waals surface area contributed by atoms with E-state index < -0.39 is 0 Å². The molecular weight excluding hydrogens is 124 g/mol. The first kappa shape index (κ1) is 8.97. The van der Waals surface area contributed by atoms with Gasteiger partial charge in [0.2, 0.25) is 5.78 Å². The Labute approximate surface area is 62.1 Å². The van der Waals surface area contributed by atoms with Gasteiger partial charge in [-0.05, 0) is 18.4 Å². The van der Waals surface area contributed by atoms with Crippen LogP contribution in [0.2, 0.25) is 0 Å². The summed E-state index contributed by atoms with van der Waals surface area (Å²) in [5.74, 6) is 5.04. The van der Waals surface area contributed by atoms with Crippen molar-refractivity contribution in [2.75, 3.05) is 0 Å². The molecule has 0 heterocycles. The van der Waals surface area contributed by atoms with Gasteiger partial charge in [-0.3, -0.25) is 4.79 Å². The quantitative estimate of drug-likeness (QED) is 0.251. The van der Waals surface area contributed by atoms with E-state index in [0.29, 0.717) is 0 Å². The summed E-state index contributed by atoms with van der Waals surface area (Å²) in [6.07, 6.45) is 4.24. The molecule has 0 aliphatic carbocycles. The van der Waals surface area contributed by atoms with E-state index >= 15 is 0 Å². The molecule has 54 valence electrons. The van der Waals surface area contributed by atoms with Gasteiger partial charge in [0.05, 0.1) is 0 Å². The third-order valence-electron chi connectivity index (χ3n) is 1.05. The molecule has 0 spiro atoms. The van der Waals surface area contributed by atoms with Gasteiger partial charge < -0.3 is 0 Å². The summed E-state index contributed by atoms with van der Waals surface area (Å²) in [6, 6.07) is 0. The lowest BCUT2D eigenvalue weighted by atomic mass is 10.2. The zero-order valence-electron chi connectivity index (χ0n) is 6.31. The number of allylic oxidation sites excluding steroid dienone is 1. The summed E-state index contributed by atoms with van der Waals surface area (Å²) < 4.78 is 0. The Morgan fingerprint density at radius 2 is 2.40 bits per heavy atom. The topological polar surface area (TPSA) is 17.1 Å². The summed E-state index contributed by atoms with van der Waals surface area (Å²) in [4.78, 5) is 10.5. The molecule has 0 rings (SSSR count). The largest absolute Gasteiger partial charge is 0.280 e. The zero-order valence-corrected chi connectivity index (χ0v) is 6.31. The maximum Gasteiger partial charge on any atom is 0.228 e. The lowest BCUT2D eigenvalue weighted by Crippen LogP contribution is -1.83. The molecule has 0 N–H and O–H groups in total. The molecule has 0 unspecified atom stereocenters. The molecule has 0 saturated heterocycles. The van der Waals surface area contributed by atoms with E-state index in [-0.39, 0.29) is 5.78 Å². The van der Waals surface area contributed by atoms with Crippen molar-refractivity contribution in [3.8, 4) is 11.8 Å². The van der Waals surface area contributed by atoms with Crippen molar-refractivity contribution >= 4 is 5.78 Å². The summed E-state index contributed by atoms with van der Waals surface area (Å²) in [6.45, 7) is 5.40. The van der Waals surface area contributed by atoms with Gasteiger partial charge in [-0.2, -0.15) is 0 Å². The lowest BCUT2D eigenvalue weighted by Gasteiger charge is -1.82. The van der Waals surface area contributed by atoms with Gasteiger partial charge in [0.25, 0.3) is 0 Å². The van der Waals surface area contributed by atoms with Crippen LogP contribution in [-0.4, -0.2) is 5.78 Å². The Bertz CT molecular complexity index is 169. The first-order chi connectivity index (χ1) is 4.81. The fourth-order valence-electron chi connectivity index (χ4n) is 0.466. The van der Waals surface area contributed by atoms with E-state index in [0.717, 1.165) is 19.3 Å². The highest BCUT2D eigenvalue weighted by atomic mass is 16.1. The van der Waals surface area contributed by atoms with E-state index in [1.807, 2.05) is 0 Å². The average Bonchev–Trinajstić information content (AvgIpc) is 1.98. The molecular formula is C9H12O. The molecule has 0 aliphatic heterocycles. The summed E-state index contributed by atoms with van der Waals surface area (Å²) >= 11 is 0. The second kappa shape index (κ2) is 6.10. The molecule has 0 aromatic heterocycles. The number of unbranched alkanes of at least 4 members (excludes halogenated alkanes) is 2. The van der Waals surface area contributed by atoms with Crippen LogP contribution in [0.1, 0.15) is 26.2 Å². The van der Waals surface area contributed by atoms with Crippen LogP contribution in [0.4, 0.5) is 0 Å². The number of carbonyl (C=O) groups excluding carboxylic acids is 1. The summed E-state index contributed by atoms with van der Waals surface area (Å²) in [5, 5.41) is 0. The Kier molecular flexibility index (Phi) is 5.47. The minimum atomic E-state index is -0.184. The minimum absolute atomic E-state index is 0.184. The van der Waals surface area contributed by atoms with Crippen molar-refractivity contribution in [2.45, 2.75) is 26.2 Å². The molecule has 1 nitrogen and oxygen atoms in total. The second-order valence-electron chi connectivity index (χ2n) is 1.97. The maximum atomic E-state index is 10.5. The Morgan fingerprint density at radius 1 is 1.70 bits per heavy atom. The molecule has 0 amide bonds. The van der Waals surface area contributed by atoms with E-state index in [1.54, 1.807) is 0 Å². The monoisotopic (exact) mass is 136 g/mol. The van der Waals surface area contributed by atoms with Gasteiger partial charge in [-0.1, -0.05) is 25.8 Å². The van der Waals surface area contributed by atoms with Crippen LogP contribution in [0.3, 0.4) is 0 Å². The fraction of sp³-hybridized carbons (Fsp3) is 0.444. The van der Waals surface area contributed by atoms with Crippen molar-refractivity contribution < 1.29 is 4.79 Å². The normalized spacial score (nSPS) is 7.70. The molecule has 10 heavy (non-hydrogen) atoms. The second-order valence-corrected chi connectivity index (χ2v) is 1.97. The third-order valence-corrected chi connectivity index (χ3v) is 1.05. The molecule has 0 radical (unpaired) electrons. The number of hydrogen-bond acceptors (Lipinski definition) is 1. The molecule has 0 aliphatic rings. The van der Waals surface area contributed by atoms with E-state index in [4.69, 9.17) is 0 Å². The van der Waals surface area contributed by atoms with Crippen LogP contribution in [0.25, 0.3) is 0 Å². The standard InChI is InChI=1S/C9H12O/c1-3-5-6-7-8-9(10)4-2/h4H,2-3,5-6H2,1H3. The number of hydrogen-bond donors (Lipinski definition) is 0. The highest BCUT2D eigenvalue weighted by Gasteiger charge is 1.82. The van der Waals surface area contributed by atoms with Gasteiger partial charge >= 0.3 is 0 Å². The maximum absolute atomic E-state index is 10.5. The summed E-state index contributed by atoms with van der Waals surface area (Å²) in [7, 11) is 0. The summed E-state index contributed by atoms with van der Waals surface area (Å²) in [5.41, 5.74) is 0. The van der Waals surface area contributed by atoms with Gasteiger partial charge in [0.1, 0.15) is 0 Å². The van der Waals surface area contributed by atoms with Gasteiger partial charge in [0, 0.05) is 6.42 Å². The number of carbonyl (C=O) groups is 1. The molecule has 0 fully saturated rings. The van der Waals surface area contributed by atoms with Crippen molar-refractivity contribution in [3.63, 3.8) is 0 Å². The van der Waals surface area contributed by atoms with E-state index in [2.05, 4.69) is 25.3 Å². The van der Waals surface area contributed by atoms with Crippen molar-refractivity contribution in [3.05, 3.63) is 12.7 Å². The predicted molar refractivity (Wildman–Crippen MR) is 42.5 cm³/mol. The Hall–Kier alpha value is -1.03. The highest BCUT2D eigenvalue weighted by Crippen LogP contribution is 1.90. The van der Waals surface area contributed by atoms with E-state index in [1.165, 1.54) is 6.08 Å². The van der Waals surface area contributed by atoms with Crippen molar-refractivity contribution in [2.24, 2.45) is 0 Å². The van der Waals surface area contributed by atoms with Crippen LogP contribution in [0.5, 0.6) is 0 Å². The lowest BCUT2D eigenvalue weighted by molar-refractivity contribution is -0.109. The minimum Gasteiger partial charge on any atom is -0.280 e. The van der Waals surface area contributed by atoms with Gasteiger partial charge in [-0.25, -0.2) is 0 Å². The first-order valence-electron chi connectivity index (χ1n) is 3.46. The fourth-order valence-corrected chi connectivity index (χ4v) is 0.466. The zero-order chi connectivity index (χ0) is 7.82. The number of rotatable bonds is 3. The van der Waals surface area contributed by atoms with Crippen LogP contribution in [0, 0.1) is 11.8 Å². The van der Waals surface area contributed by atoms with Crippen LogP contribution in [-0.2, 0) is 4.79 Å². The molecule has 0 aromatic rings. The molecule has 0 bridgehead atoms. The Balaban J connectivity index is 3.48. The smallest absolute Gasteiger partial charge is 0.228 e. The van der Waals surface area contributed by atoms with E-state index in [9.17, 15) is 4.79 Å². The van der Waals surface area contributed by atoms with Crippen molar-refractivity contribution in [1.29, 1.82) is 0 Å². The molecule has 1 heteroatoms. The highest BCUT2D eigenvalue weighted by molar-refractivity contribution is 6.03. The van der Waals surface area contributed by atoms with Crippen molar-refractivity contribution in [1.82, 2.24) is 0 Å². The molecule has 0 atom stereocenters. The van der Waals surface area contributed by atoms with Gasteiger partial charge in [0.15, 0.2) is 0 Å². The van der Waals surface area contributed by atoms with Crippen LogP contribution >= 0.6 is 0 Å². The first-order valence-corrected chi connectivity index (χ1v) is 3.46. The van der Waals surface area contributed by atoms with Crippen LogP contribution < -0.4 is 0 Å². The predicted octanol–water partition coefficient (Wildman–Crippen LogP) is 1.94. The third kappa shape index (κ3) is 5.11. The molecule has 0 saturated carbocycles. The number of ketones is 1. The van der Waals surface area contributed by atoms with Crippen LogP contribution in [0.15, 0.2) is 12.7 Å². The SMILES string of the molecule is C=CC(=O)C#CCCCC.